The van der Waals surface area contributed by atoms with E-state index in [2.05, 4.69) is 17.1 Å². The number of benzene rings is 2. The van der Waals surface area contributed by atoms with Crippen LogP contribution in [0.4, 0.5) is 0 Å². The highest BCUT2D eigenvalue weighted by atomic mass is 16.5. The molecule has 3 aromatic rings. The highest BCUT2D eigenvalue weighted by Gasteiger charge is 2.22. The molecule has 0 aliphatic carbocycles. The molecule has 1 aliphatic rings. The van der Waals surface area contributed by atoms with Crippen LogP contribution < -0.4 is 4.74 Å². The second-order valence-electron chi connectivity index (χ2n) is 7.61. The molecular formula is C23H25N3O3. The number of ether oxygens (including phenoxy) is 1. The molecule has 4 rings (SSSR count). The fourth-order valence-corrected chi connectivity index (χ4v) is 3.68. The monoisotopic (exact) mass is 391 g/mol. The summed E-state index contributed by atoms with van der Waals surface area (Å²) in [6.45, 7) is 5.79. The van der Waals surface area contributed by atoms with Crippen LogP contribution in [0.1, 0.15) is 25.3 Å². The molecule has 6 heteroatoms. The first-order valence-electron chi connectivity index (χ1n) is 10.0. The average molecular weight is 391 g/mol. The average Bonchev–Trinajstić information content (AvgIpc) is 3.22. The summed E-state index contributed by atoms with van der Waals surface area (Å²) in [5.41, 5.74) is 2.67. The summed E-state index contributed by atoms with van der Waals surface area (Å²) in [4.78, 5) is 19.0. The van der Waals surface area contributed by atoms with Gasteiger partial charge in [-0.2, -0.15) is 4.98 Å². The van der Waals surface area contributed by atoms with Crippen molar-refractivity contribution in [3.63, 3.8) is 0 Å². The summed E-state index contributed by atoms with van der Waals surface area (Å²) in [5.74, 6) is 2.03. The Hall–Kier alpha value is -3.15. The number of nitrogens with zero attached hydrogens (tertiary/aromatic N) is 3. The quantitative estimate of drug-likeness (QED) is 0.647. The Morgan fingerprint density at radius 1 is 1.17 bits per heavy atom. The van der Waals surface area contributed by atoms with E-state index in [9.17, 15) is 4.79 Å². The topological polar surface area (TPSA) is 68.5 Å². The molecule has 0 spiro atoms. The maximum Gasteiger partial charge on any atom is 0.260 e. The minimum atomic E-state index is 0.00619. The molecule has 1 saturated heterocycles. The second kappa shape index (κ2) is 8.47. The van der Waals surface area contributed by atoms with Crippen molar-refractivity contribution < 1.29 is 14.1 Å². The third-order valence-corrected chi connectivity index (χ3v) is 5.29. The van der Waals surface area contributed by atoms with E-state index in [4.69, 9.17) is 9.26 Å². The maximum atomic E-state index is 12.5. The van der Waals surface area contributed by atoms with Gasteiger partial charge in [-0.05, 0) is 49.4 Å². The molecule has 6 nitrogen and oxygen atoms in total. The molecule has 1 aliphatic heterocycles. The normalized spacial score (nSPS) is 16.6. The lowest BCUT2D eigenvalue weighted by atomic mass is 10.0. The molecule has 0 bridgehead atoms. The molecule has 0 saturated carbocycles. The standard InChI is InChI=1S/C23H25N3O3/c1-16-8-7-13-26(14-16)21(27)15-28-20-12-6-5-11-19(20)22-24-23(29-25-22)18-10-4-3-9-17(18)2/h3-6,9-12,16H,7-8,13-15H2,1-2H3/t16-/m0/s1. The van der Waals surface area contributed by atoms with Crippen molar-refractivity contribution in [3.05, 3.63) is 54.1 Å². The summed E-state index contributed by atoms with van der Waals surface area (Å²) >= 11 is 0. The second-order valence-corrected chi connectivity index (χ2v) is 7.61. The van der Waals surface area contributed by atoms with Crippen molar-refractivity contribution in [2.45, 2.75) is 26.7 Å². The van der Waals surface area contributed by atoms with Gasteiger partial charge in [0, 0.05) is 18.7 Å². The van der Waals surface area contributed by atoms with E-state index in [-0.39, 0.29) is 12.5 Å². The van der Waals surface area contributed by atoms with E-state index in [0.29, 0.717) is 28.9 Å². The number of hydrogen-bond donors (Lipinski definition) is 0. The van der Waals surface area contributed by atoms with Gasteiger partial charge in [-0.25, -0.2) is 0 Å². The first-order chi connectivity index (χ1) is 14.1. The van der Waals surface area contributed by atoms with Gasteiger partial charge in [-0.15, -0.1) is 0 Å². The highest BCUT2D eigenvalue weighted by Crippen LogP contribution is 2.30. The number of hydrogen-bond acceptors (Lipinski definition) is 5. The molecule has 0 unspecified atom stereocenters. The number of amides is 1. The smallest absolute Gasteiger partial charge is 0.260 e. The number of para-hydroxylation sites is 1. The first-order valence-corrected chi connectivity index (χ1v) is 10.0. The van der Waals surface area contributed by atoms with E-state index in [1.54, 1.807) is 0 Å². The summed E-state index contributed by atoms with van der Waals surface area (Å²) in [7, 11) is 0. The lowest BCUT2D eigenvalue weighted by Gasteiger charge is -2.30. The third-order valence-electron chi connectivity index (χ3n) is 5.29. The zero-order valence-corrected chi connectivity index (χ0v) is 16.8. The van der Waals surface area contributed by atoms with Crippen LogP contribution in [-0.4, -0.2) is 40.6 Å². The fourth-order valence-electron chi connectivity index (χ4n) is 3.68. The van der Waals surface area contributed by atoms with Crippen molar-refractivity contribution >= 4 is 5.91 Å². The summed E-state index contributed by atoms with van der Waals surface area (Å²) in [5, 5.41) is 4.13. The van der Waals surface area contributed by atoms with E-state index >= 15 is 0 Å². The van der Waals surface area contributed by atoms with Gasteiger partial charge in [0.25, 0.3) is 11.8 Å². The third kappa shape index (κ3) is 4.31. The number of carbonyl (C=O) groups is 1. The number of piperidine rings is 1. The predicted octanol–water partition coefficient (Wildman–Crippen LogP) is 4.35. The van der Waals surface area contributed by atoms with Crippen molar-refractivity contribution in [2.24, 2.45) is 5.92 Å². The lowest BCUT2D eigenvalue weighted by Crippen LogP contribution is -2.41. The Morgan fingerprint density at radius 3 is 2.72 bits per heavy atom. The lowest BCUT2D eigenvalue weighted by molar-refractivity contribution is -0.135. The van der Waals surface area contributed by atoms with Crippen molar-refractivity contribution in [2.75, 3.05) is 19.7 Å². The largest absolute Gasteiger partial charge is 0.483 e. The zero-order valence-electron chi connectivity index (χ0n) is 16.8. The molecule has 150 valence electrons. The Labute approximate surface area is 170 Å². The van der Waals surface area contributed by atoms with Crippen LogP contribution in [0.15, 0.2) is 53.1 Å². The number of rotatable bonds is 5. The maximum absolute atomic E-state index is 12.5. The van der Waals surface area contributed by atoms with Gasteiger partial charge < -0.3 is 14.2 Å². The van der Waals surface area contributed by atoms with Crippen LogP contribution in [0.2, 0.25) is 0 Å². The van der Waals surface area contributed by atoms with Gasteiger partial charge in [0.05, 0.1) is 5.56 Å². The van der Waals surface area contributed by atoms with Crippen molar-refractivity contribution in [1.82, 2.24) is 15.0 Å². The number of aromatic nitrogens is 2. The zero-order chi connectivity index (χ0) is 20.2. The number of likely N-dealkylation sites (tertiary alicyclic amines) is 1. The summed E-state index contributed by atoms with van der Waals surface area (Å²) < 4.78 is 11.3. The number of aryl methyl sites for hydroxylation is 1. The van der Waals surface area contributed by atoms with Crippen LogP contribution in [0, 0.1) is 12.8 Å². The fraction of sp³-hybridized carbons (Fsp3) is 0.348. The summed E-state index contributed by atoms with van der Waals surface area (Å²) in [6, 6.07) is 15.3. The van der Waals surface area contributed by atoms with Gasteiger partial charge in [0.1, 0.15) is 5.75 Å². The SMILES string of the molecule is Cc1ccccc1-c1nc(-c2ccccc2OCC(=O)N2CCC[C@H](C)C2)no1. The van der Waals surface area contributed by atoms with E-state index in [0.717, 1.165) is 30.6 Å². The molecule has 0 radical (unpaired) electrons. The van der Waals surface area contributed by atoms with Gasteiger partial charge >= 0.3 is 0 Å². The molecule has 29 heavy (non-hydrogen) atoms. The Balaban J connectivity index is 1.50. The number of carbonyl (C=O) groups excluding carboxylic acids is 1. The molecule has 1 atom stereocenters. The first kappa shape index (κ1) is 19.2. The van der Waals surface area contributed by atoms with E-state index in [1.807, 2.05) is 60.4 Å². The highest BCUT2D eigenvalue weighted by molar-refractivity contribution is 5.78. The van der Waals surface area contributed by atoms with Crippen LogP contribution in [0.5, 0.6) is 5.75 Å². The van der Waals surface area contributed by atoms with Gasteiger partial charge in [-0.1, -0.05) is 42.4 Å². The minimum Gasteiger partial charge on any atom is -0.483 e. The summed E-state index contributed by atoms with van der Waals surface area (Å²) in [6.07, 6.45) is 2.22. The van der Waals surface area contributed by atoms with Crippen LogP contribution >= 0.6 is 0 Å². The van der Waals surface area contributed by atoms with Crippen LogP contribution in [0.25, 0.3) is 22.8 Å². The Kier molecular flexibility index (Phi) is 5.60. The van der Waals surface area contributed by atoms with Gasteiger partial charge in [0.15, 0.2) is 6.61 Å². The molecule has 0 N–H and O–H groups in total. The van der Waals surface area contributed by atoms with Crippen LogP contribution in [-0.2, 0) is 4.79 Å². The minimum absolute atomic E-state index is 0.00619. The predicted molar refractivity (Wildman–Crippen MR) is 110 cm³/mol. The molecular weight excluding hydrogens is 366 g/mol. The Morgan fingerprint density at radius 2 is 1.93 bits per heavy atom. The van der Waals surface area contributed by atoms with E-state index in [1.165, 1.54) is 6.42 Å². The van der Waals surface area contributed by atoms with Crippen LogP contribution in [0.3, 0.4) is 0 Å². The van der Waals surface area contributed by atoms with E-state index < -0.39 is 0 Å². The molecule has 2 heterocycles. The molecule has 1 fully saturated rings. The van der Waals surface area contributed by atoms with Crippen molar-refractivity contribution in [3.8, 4) is 28.6 Å². The van der Waals surface area contributed by atoms with Crippen molar-refractivity contribution in [1.29, 1.82) is 0 Å². The molecule has 2 aromatic carbocycles. The molecule has 1 aromatic heterocycles. The van der Waals surface area contributed by atoms with Gasteiger partial charge in [-0.3, -0.25) is 4.79 Å². The van der Waals surface area contributed by atoms with Gasteiger partial charge in [0.2, 0.25) is 5.82 Å². The Bertz CT molecular complexity index is 998. The molecule has 1 amide bonds.